The van der Waals surface area contributed by atoms with Crippen molar-refractivity contribution >= 4 is 0 Å². The van der Waals surface area contributed by atoms with Gasteiger partial charge in [0.15, 0.2) is 6.23 Å². The summed E-state index contributed by atoms with van der Waals surface area (Å²) >= 11 is 0. The van der Waals surface area contributed by atoms with Crippen LogP contribution in [0.15, 0.2) is 12.8 Å². The third kappa shape index (κ3) is 2.93. The fourth-order valence-corrected chi connectivity index (χ4v) is 1.93. The molecule has 0 spiro atoms. The smallest absolute Gasteiger partial charge is 0.176 e. The maximum absolute atomic E-state index is 9.94. The Morgan fingerprint density at radius 2 is 2.13 bits per heavy atom. The minimum Gasteiger partial charge on any atom is -0.481 e. The molecule has 0 amide bonds. The zero-order chi connectivity index (χ0) is 11.7. The van der Waals surface area contributed by atoms with Crippen LogP contribution < -0.4 is 0 Å². The molecule has 1 N–H and O–H groups in total. The highest BCUT2D eigenvalue weighted by Gasteiger charge is 2.46. The number of nitrogens with zero attached hydrogens (tertiary/aromatic N) is 1. The SMILES string of the molecule is C=COC1CCC(C)(OC(C)(C)C)N1O. The zero-order valence-corrected chi connectivity index (χ0v) is 9.99. The van der Waals surface area contributed by atoms with E-state index in [1.165, 1.54) is 6.26 Å². The van der Waals surface area contributed by atoms with Crippen LogP contribution in [-0.2, 0) is 9.47 Å². The molecule has 0 saturated carbocycles. The van der Waals surface area contributed by atoms with Gasteiger partial charge < -0.3 is 14.7 Å². The lowest BCUT2D eigenvalue weighted by molar-refractivity contribution is -0.319. The van der Waals surface area contributed by atoms with Gasteiger partial charge in [-0.15, -0.1) is 5.06 Å². The minimum absolute atomic E-state index is 0.293. The zero-order valence-electron chi connectivity index (χ0n) is 9.99. The highest BCUT2D eigenvalue weighted by atomic mass is 16.7. The van der Waals surface area contributed by atoms with Crippen molar-refractivity contribution in [1.29, 1.82) is 0 Å². The maximum Gasteiger partial charge on any atom is 0.176 e. The first-order valence-electron chi connectivity index (χ1n) is 5.23. The molecule has 1 fully saturated rings. The van der Waals surface area contributed by atoms with E-state index < -0.39 is 5.72 Å². The molecule has 1 aliphatic rings. The fraction of sp³-hybridized carbons (Fsp3) is 0.818. The molecule has 0 aromatic heterocycles. The molecule has 1 heterocycles. The van der Waals surface area contributed by atoms with Crippen molar-refractivity contribution in [1.82, 2.24) is 5.06 Å². The third-order valence-corrected chi connectivity index (χ3v) is 2.39. The average molecular weight is 215 g/mol. The average Bonchev–Trinajstić information content (AvgIpc) is 2.30. The van der Waals surface area contributed by atoms with Crippen LogP contribution in [0.5, 0.6) is 0 Å². The van der Waals surface area contributed by atoms with E-state index in [0.717, 1.165) is 17.9 Å². The Morgan fingerprint density at radius 3 is 2.60 bits per heavy atom. The Balaban J connectivity index is 2.67. The highest BCUT2D eigenvalue weighted by molar-refractivity contribution is 4.85. The fourth-order valence-electron chi connectivity index (χ4n) is 1.93. The molecule has 0 aliphatic carbocycles. The summed E-state index contributed by atoms with van der Waals surface area (Å²) in [5, 5.41) is 11.1. The van der Waals surface area contributed by atoms with Crippen molar-refractivity contribution in [2.24, 2.45) is 0 Å². The van der Waals surface area contributed by atoms with Gasteiger partial charge in [0.1, 0.15) is 5.72 Å². The van der Waals surface area contributed by atoms with E-state index in [-0.39, 0.29) is 11.8 Å². The lowest BCUT2D eigenvalue weighted by Gasteiger charge is -2.37. The van der Waals surface area contributed by atoms with Gasteiger partial charge in [-0.2, -0.15) is 0 Å². The molecule has 1 rings (SSSR count). The molecular formula is C11H21NO3. The van der Waals surface area contributed by atoms with Gasteiger partial charge in [-0.25, -0.2) is 0 Å². The highest BCUT2D eigenvalue weighted by Crippen LogP contribution is 2.36. The Hall–Kier alpha value is -0.580. The second-order valence-corrected chi connectivity index (χ2v) is 5.03. The van der Waals surface area contributed by atoms with Crippen LogP contribution in [0.25, 0.3) is 0 Å². The summed E-state index contributed by atoms with van der Waals surface area (Å²) in [5.74, 6) is 0. The van der Waals surface area contributed by atoms with Crippen molar-refractivity contribution in [3.63, 3.8) is 0 Å². The Morgan fingerprint density at radius 1 is 1.53 bits per heavy atom. The third-order valence-electron chi connectivity index (χ3n) is 2.39. The molecule has 4 heteroatoms. The van der Waals surface area contributed by atoms with E-state index in [2.05, 4.69) is 6.58 Å². The van der Waals surface area contributed by atoms with Gasteiger partial charge in [0.25, 0.3) is 0 Å². The molecule has 1 aliphatic heterocycles. The molecule has 1 saturated heterocycles. The number of hydroxylamine groups is 2. The summed E-state index contributed by atoms with van der Waals surface area (Å²) in [7, 11) is 0. The van der Waals surface area contributed by atoms with E-state index in [1.54, 1.807) is 0 Å². The largest absolute Gasteiger partial charge is 0.481 e. The molecule has 0 bridgehead atoms. The van der Waals surface area contributed by atoms with Gasteiger partial charge in [0.2, 0.25) is 0 Å². The summed E-state index contributed by atoms with van der Waals surface area (Å²) in [5.41, 5.74) is -0.968. The molecule has 4 nitrogen and oxygen atoms in total. The van der Waals surface area contributed by atoms with Crippen LogP contribution in [0.3, 0.4) is 0 Å². The Labute approximate surface area is 91.4 Å². The molecule has 2 unspecified atom stereocenters. The van der Waals surface area contributed by atoms with Gasteiger partial charge >= 0.3 is 0 Å². The van der Waals surface area contributed by atoms with Crippen LogP contribution in [0.2, 0.25) is 0 Å². The summed E-state index contributed by atoms with van der Waals surface area (Å²) in [6.07, 6.45) is 2.46. The van der Waals surface area contributed by atoms with Crippen LogP contribution in [0.4, 0.5) is 0 Å². The minimum atomic E-state index is -0.675. The van der Waals surface area contributed by atoms with Crippen molar-refractivity contribution in [3.8, 4) is 0 Å². The van der Waals surface area contributed by atoms with Gasteiger partial charge in [-0.1, -0.05) is 6.58 Å². The first kappa shape index (κ1) is 12.5. The van der Waals surface area contributed by atoms with E-state index >= 15 is 0 Å². The molecule has 0 aromatic rings. The molecule has 88 valence electrons. The summed E-state index contributed by atoms with van der Waals surface area (Å²) < 4.78 is 11.0. The second-order valence-electron chi connectivity index (χ2n) is 5.03. The van der Waals surface area contributed by atoms with Crippen LogP contribution in [0.1, 0.15) is 40.5 Å². The summed E-state index contributed by atoms with van der Waals surface area (Å²) in [4.78, 5) is 0. The normalized spacial score (nSPS) is 33.0. The van der Waals surface area contributed by atoms with Gasteiger partial charge in [-0.05, 0) is 34.1 Å². The standard InChI is InChI=1S/C11H21NO3/c1-6-14-9-7-8-11(5,12(9)13)15-10(2,3)4/h6,9,13H,1,7-8H2,2-5H3. The number of ether oxygens (including phenoxy) is 2. The van der Waals surface area contributed by atoms with Crippen molar-refractivity contribution in [2.45, 2.75) is 58.1 Å². The lowest BCUT2D eigenvalue weighted by atomic mass is 10.1. The monoisotopic (exact) mass is 215 g/mol. The Kier molecular flexibility index (Phi) is 3.43. The molecule has 0 radical (unpaired) electrons. The van der Waals surface area contributed by atoms with Crippen LogP contribution >= 0.6 is 0 Å². The number of hydrogen-bond donors (Lipinski definition) is 1. The van der Waals surface area contributed by atoms with Crippen molar-refractivity contribution < 1.29 is 14.7 Å². The first-order valence-corrected chi connectivity index (χ1v) is 5.23. The van der Waals surface area contributed by atoms with Crippen molar-refractivity contribution in [3.05, 3.63) is 12.8 Å². The maximum atomic E-state index is 9.94. The molecule has 15 heavy (non-hydrogen) atoms. The predicted octanol–water partition coefficient (Wildman–Crippen LogP) is 2.49. The summed E-state index contributed by atoms with van der Waals surface area (Å²) in [6.45, 7) is 11.2. The topological polar surface area (TPSA) is 41.9 Å². The van der Waals surface area contributed by atoms with Crippen LogP contribution in [0, 0.1) is 0 Å². The van der Waals surface area contributed by atoms with Gasteiger partial charge in [-0.3, -0.25) is 0 Å². The number of hydrogen-bond acceptors (Lipinski definition) is 4. The van der Waals surface area contributed by atoms with Gasteiger partial charge in [0, 0.05) is 6.42 Å². The van der Waals surface area contributed by atoms with Crippen LogP contribution in [-0.4, -0.2) is 27.8 Å². The van der Waals surface area contributed by atoms with E-state index in [0.29, 0.717) is 0 Å². The van der Waals surface area contributed by atoms with E-state index in [1.807, 2.05) is 27.7 Å². The summed E-state index contributed by atoms with van der Waals surface area (Å²) in [6, 6.07) is 0. The quantitative estimate of drug-likeness (QED) is 0.734. The first-order chi connectivity index (χ1) is 6.78. The predicted molar refractivity (Wildman–Crippen MR) is 57.2 cm³/mol. The molecule has 2 atom stereocenters. The van der Waals surface area contributed by atoms with E-state index in [9.17, 15) is 5.21 Å². The Bertz CT molecular complexity index is 236. The number of rotatable bonds is 3. The molecule has 0 aromatic carbocycles. The van der Waals surface area contributed by atoms with Crippen molar-refractivity contribution in [2.75, 3.05) is 0 Å². The molecular weight excluding hydrogens is 194 g/mol. The van der Waals surface area contributed by atoms with E-state index in [4.69, 9.17) is 9.47 Å². The second kappa shape index (κ2) is 4.12. The lowest BCUT2D eigenvalue weighted by Crippen LogP contribution is -2.49. The van der Waals surface area contributed by atoms with Gasteiger partial charge in [0.05, 0.1) is 11.9 Å².